The minimum atomic E-state index is -0.126. The lowest BCUT2D eigenvalue weighted by atomic mass is 10.1. The Morgan fingerprint density at radius 3 is 2.82 bits per heavy atom. The summed E-state index contributed by atoms with van der Waals surface area (Å²) in [6.45, 7) is 2.65. The lowest BCUT2D eigenvalue weighted by Gasteiger charge is -2.04. The average Bonchev–Trinajstić information content (AvgIpc) is 2.92. The zero-order valence-corrected chi connectivity index (χ0v) is 12.9. The summed E-state index contributed by atoms with van der Waals surface area (Å²) in [6, 6.07) is 11.8. The number of carbonyl (C=O) groups excluding carboxylic acids is 1. The lowest BCUT2D eigenvalue weighted by Crippen LogP contribution is -2.25. The van der Waals surface area contributed by atoms with Crippen LogP contribution in [-0.4, -0.2) is 22.4 Å². The standard InChI is InChI=1S/C17H16ClN3O/c1-11-2-4-12(5-3-11)6-7-19-17(22)14-8-13-9-16(18)20-10-15(13)21-14/h2-5,8-10,21H,6-7H2,1H3,(H,19,22). The number of hydrogen-bond acceptors (Lipinski definition) is 2. The van der Waals surface area contributed by atoms with E-state index in [1.807, 2.05) is 0 Å². The van der Waals surface area contributed by atoms with Gasteiger partial charge in [-0.2, -0.15) is 0 Å². The second-order valence-corrected chi connectivity index (χ2v) is 5.66. The van der Waals surface area contributed by atoms with Gasteiger partial charge in [-0.3, -0.25) is 4.79 Å². The molecule has 5 heteroatoms. The molecule has 0 fully saturated rings. The molecule has 0 radical (unpaired) electrons. The Labute approximate surface area is 133 Å². The van der Waals surface area contributed by atoms with Gasteiger partial charge in [0, 0.05) is 11.9 Å². The van der Waals surface area contributed by atoms with Crippen LogP contribution in [0.4, 0.5) is 0 Å². The first-order chi connectivity index (χ1) is 10.6. The second-order valence-electron chi connectivity index (χ2n) is 5.27. The van der Waals surface area contributed by atoms with E-state index >= 15 is 0 Å². The average molecular weight is 314 g/mol. The number of H-pyrrole nitrogens is 1. The predicted molar refractivity (Wildman–Crippen MR) is 88.3 cm³/mol. The van der Waals surface area contributed by atoms with Crippen molar-refractivity contribution in [2.45, 2.75) is 13.3 Å². The fourth-order valence-electron chi connectivity index (χ4n) is 2.30. The fourth-order valence-corrected chi connectivity index (χ4v) is 2.46. The third-order valence-corrected chi connectivity index (χ3v) is 3.74. The van der Waals surface area contributed by atoms with Crippen molar-refractivity contribution in [2.75, 3.05) is 6.54 Å². The molecule has 1 aromatic carbocycles. The van der Waals surface area contributed by atoms with Crippen LogP contribution in [0.5, 0.6) is 0 Å². The van der Waals surface area contributed by atoms with Gasteiger partial charge in [0.15, 0.2) is 0 Å². The molecule has 1 amide bonds. The SMILES string of the molecule is Cc1ccc(CCNC(=O)c2cc3cc(Cl)ncc3[nH]2)cc1. The van der Waals surface area contributed by atoms with E-state index in [2.05, 4.69) is 46.5 Å². The molecule has 112 valence electrons. The number of carbonyl (C=O) groups is 1. The van der Waals surface area contributed by atoms with Gasteiger partial charge in [0.2, 0.25) is 0 Å². The first-order valence-corrected chi connectivity index (χ1v) is 7.47. The number of amides is 1. The van der Waals surface area contributed by atoms with Gasteiger partial charge in [-0.05, 0) is 31.0 Å². The van der Waals surface area contributed by atoms with Crippen LogP contribution in [0, 0.1) is 6.92 Å². The number of aromatic amines is 1. The van der Waals surface area contributed by atoms with Crippen LogP contribution < -0.4 is 5.32 Å². The molecule has 3 aromatic rings. The molecule has 0 aliphatic carbocycles. The normalized spacial score (nSPS) is 10.8. The van der Waals surface area contributed by atoms with Gasteiger partial charge < -0.3 is 10.3 Å². The summed E-state index contributed by atoms with van der Waals surface area (Å²) in [5.74, 6) is -0.126. The Kier molecular flexibility index (Phi) is 4.11. The van der Waals surface area contributed by atoms with Crippen LogP contribution in [0.1, 0.15) is 21.6 Å². The summed E-state index contributed by atoms with van der Waals surface area (Å²) in [4.78, 5) is 19.2. The van der Waals surface area contributed by atoms with Crippen molar-refractivity contribution < 1.29 is 4.79 Å². The van der Waals surface area contributed by atoms with Gasteiger partial charge in [0.1, 0.15) is 10.8 Å². The number of hydrogen-bond donors (Lipinski definition) is 2. The van der Waals surface area contributed by atoms with Crippen LogP contribution in [0.25, 0.3) is 10.9 Å². The molecule has 0 saturated heterocycles. The summed E-state index contributed by atoms with van der Waals surface area (Å²) < 4.78 is 0. The Balaban J connectivity index is 1.62. The number of nitrogens with zero attached hydrogens (tertiary/aromatic N) is 1. The van der Waals surface area contributed by atoms with E-state index in [0.29, 0.717) is 17.4 Å². The van der Waals surface area contributed by atoms with Crippen molar-refractivity contribution in [2.24, 2.45) is 0 Å². The molecule has 3 rings (SSSR count). The highest BCUT2D eigenvalue weighted by Gasteiger charge is 2.09. The van der Waals surface area contributed by atoms with E-state index in [-0.39, 0.29) is 5.91 Å². The number of nitrogens with one attached hydrogen (secondary N) is 2. The fraction of sp³-hybridized carbons (Fsp3) is 0.176. The minimum Gasteiger partial charge on any atom is -0.350 e. The number of fused-ring (bicyclic) bond motifs is 1. The molecule has 0 aliphatic heterocycles. The molecule has 0 saturated carbocycles. The summed E-state index contributed by atoms with van der Waals surface area (Å²) in [5.41, 5.74) is 3.76. The number of aryl methyl sites for hydroxylation is 1. The van der Waals surface area contributed by atoms with Gasteiger partial charge in [-0.25, -0.2) is 4.98 Å². The van der Waals surface area contributed by atoms with E-state index in [1.165, 1.54) is 11.1 Å². The monoisotopic (exact) mass is 313 g/mol. The number of benzene rings is 1. The van der Waals surface area contributed by atoms with E-state index in [9.17, 15) is 4.79 Å². The van der Waals surface area contributed by atoms with Gasteiger partial charge in [-0.1, -0.05) is 41.4 Å². The van der Waals surface area contributed by atoms with Crippen molar-refractivity contribution >= 4 is 28.4 Å². The maximum atomic E-state index is 12.1. The molecule has 2 aromatic heterocycles. The molecule has 0 unspecified atom stereocenters. The van der Waals surface area contributed by atoms with Crippen LogP contribution in [0.15, 0.2) is 42.6 Å². The number of halogens is 1. The van der Waals surface area contributed by atoms with Crippen LogP contribution in [-0.2, 0) is 6.42 Å². The Morgan fingerprint density at radius 1 is 1.27 bits per heavy atom. The quantitative estimate of drug-likeness (QED) is 0.724. The minimum absolute atomic E-state index is 0.126. The van der Waals surface area contributed by atoms with Crippen LogP contribution >= 0.6 is 11.6 Å². The zero-order valence-electron chi connectivity index (χ0n) is 12.2. The molecule has 4 nitrogen and oxygen atoms in total. The molecule has 2 heterocycles. The predicted octanol–water partition coefficient (Wildman–Crippen LogP) is 3.50. The molecule has 0 atom stereocenters. The van der Waals surface area contributed by atoms with Crippen molar-refractivity contribution in [3.63, 3.8) is 0 Å². The molecular weight excluding hydrogens is 298 g/mol. The lowest BCUT2D eigenvalue weighted by molar-refractivity contribution is 0.0950. The first-order valence-electron chi connectivity index (χ1n) is 7.10. The van der Waals surface area contributed by atoms with E-state index in [0.717, 1.165) is 17.3 Å². The van der Waals surface area contributed by atoms with Gasteiger partial charge in [0.25, 0.3) is 5.91 Å². The first kappa shape index (κ1) is 14.6. The Morgan fingerprint density at radius 2 is 2.05 bits per heavy atom. The van der Waals surface area contributed by atoms with E-state index < -0.39 is 0 Å². The topological polar surface area (TPSA) is 57.8 Å². The largest absolute Gasteiger partial charge is 0.350 e. The van der Waals surface area contributed by atoms with Crippen molar-refractivity contribution in [1.82, 2.24) is 15.3 Å². The van der Waals surface area contributed by atoms with Crippen molar-refractivity contribution in [3.05, 3.63) is 64.6 Å². The zero-order chi connectivity index (χ0) is 15.5. The smallest absolute Gasteiger partial charge is 0.267 e. The molecule has 22 heavy (non-hydrogen) atoms. The molecule has 2 N–H and O–H groups in total. The highest BCUT2D eigenvalue weighted by Crippen LogP contribution is 2.17. The number of pyridine rings is 1. The third kappa shape index (κ3) is 3.28. The van der Waals surface area contributed by atoms with Crippen molar-refractivity contribution in [1.29, 1.82) is 0 Å². The second kappa shape index (κ2) is 6.20. The van der Waals surface area contributed by atoms with Crippen LogP contribution in [0.2, 0.25) is 5.15 Å². The molecule has 0 spiro atoms. The van der Waals surface area contributed by atoms with Gasteiger partial charge in [0.05, 0.1) is 11.7 Å². The van der Waals surface area contributed by atoms with E-state index in [1.54, 1.807) is 18.3 Å². The summed E-state index contributed by atoms with van der Waals surface area (Å²) in [7, 11) is 0. The van der Waals surface area contributed by atoms with E-state index in [4.69, 9.17) is 11.6 Å². The molecule has 0 bridgehead atoms. The van der Waals surface area contributed by atoms with Gasteiger partial charge >= 0.3 is 0 Å². The summed E-state index contributed by atoms with van der Waals surface area (Å²) in [6.07, 6.45) is 2.43. The molecule has 0 aliphatic rings. The van der Waals surface area contributed by atoms with Crippen molar-refractivity contribution in [3.8, 4) is 0 Å². The van der Waals surface area contributed by atoms with Gasteiger partial charge in [-0.15, -0.1) is 0 Å². The molecular formula is C17H16ClN3O. The summed E-state index contributed by atoms with van der Waals surface area (Å²) >= 11 is 5.84. The number of aromatic nitrogens is 2. The Bertz CT molecular complexity index is 808. The number of rotatable bonds is 4. The highest BCUT2D eigenvalue weighted by molar-refractivity contribution is 6.30. The Hall–Kier alpha value is -2.33. The highest BCUT2D eigenvalue weighted by atomic mass is 35.5. The maximum Gasteiger partial charge on any atom is 0.267 e. The maximum absolute atomic E-state index is 12.1. The summed E-state index contributed by atoms with van der Waals surface area (Å²) in [5, 5.41) is 4.21. The van der Waals surface area contributed by atoms with Crippen LogP contribution in [0.3, 0.4) is 0 Å². The third-order valence-electron chi connectivity index (χ3n) is 3.54.